The normalized spacial score (nSPS) is 11.7. The van der Waals surface area contributed by atoms with Crippen LogP contribution in [0.15, 0.2) is 12.1 Å². The minimum absolute atomic E-state index is 0.115. The molecule has 0 fully saturated rings. The highest BCUT2D eigenvalue weighted by Gasteiger charge is 2.17. The van der Waals surface area contributed by atoms with E-state index in [1.165, 1.54) is 4.90 Å². The van der Waals surface area contributed by atoms with E-state index in [1.54, 1.807) is 40.1 Å². The molecule has 0 aliphatic heterocycles. The minimum Gasteiger partial charge on any atom is -0.359 e. The SMILES string of the molecule is CNC(=O)[C@H](C)CN(C)C(=O)Nc1cc(Cl)c(C)c(Cl)c1. The quantitative estimate of drug-likeness (QED) is 0.890. The summed E-state index contributed by atoms with van der Waals surface area (Å²) in [6.07, 6.45) is 0. The molecule has 0 aliphatic rings. The number of hydrogen-bond donors (Lipinski definition) is 2. The highest BCUT2D eigenvalue weighted by Crippen LogP contribution is 2.28. The third-order valence-electron chi connectivity index (χ3n) is 3.12. The van der Waals surface area contributed by atoms with Gasteiger partial charge in [-0.2, -0.15) is 0 Å². The fraction of sp³-hybridized carbons (Fsp3) is 0.429. The molecule has 0 unspecified atom stereocenters. The Labute approximate surface area is 134 Å². The number of urea groups is 1. The van der Waals surface area contributed by atoms with E-state index >= 15 is 0 Å². The van der Waals surface area contributed by atoms with Gasteiger partial charge in [0, 0.05) is 36.4 Å². The zero-order valence-corrected chi connectivity index (χ0v) is 14.0. The van der Waals surface area contributed by atoms with Crippen LogP contribution in [0.1, 0.15) is 12.5 Å². The summed E-state index contributed by atoms with van der Waals surface area (Å²) >= 11 is 12.0. The van der Waals surface area contributed by atoms with Crippen LogP contribution in [0.3, 0.4) is 0 Å². The fourth-order valence-corrected chi connectivity index (χ4v) is 2.25. The van der Waals surface area contributed by atoms with Gasteiger partial charge in [-0.25, -0.2) is 4.79 Å². The predicted molar refractivity (Wildman–Crippen MR) is 86.1 cm³/mol. The molecule has 21 heavy (non-hydrogen) atoms. The van der Waals surface area contributed by atoms with Crippen molar-refractivity contribution in [3.63, 3.8) is 0 Å². The summed E-state index contributed by atoms with van der Waals surface area (Å²) in [5, 5.41) is 6.22. The Hall–Kier alpha value is -1.46. The third-order valence-corrected chi connectivity index (χ3v) is 3.91. The molecule has 2 N–H and O–H groups in total. The number of rotatable bonds is 4. The second kappa shape index (κ2) is 7.52. The van der Waals surface area contributed by atoms with Gasteiger partial charge in [-0.15, -0.1) is 0 Å². The maximum atomic E-state index is 12.1. The van der Waals surface area contributed by atoms with Crippen molar-refractivity contribution in [3.05, 3.63) is 27.7 Å². The number of amides is 3. The average Bonchev–Trinajstić information content (AvgIpc) is 2.43. The molecule has 0 saturated carbocycles. The van der Waals surface area contributed by atoms with Gasteiger partial charge in [0.15, 0.2) is 0 Å². The number of hydrogen-bond acceptors (Lipinski definition) is 2. The molecule has 3 amide bonds. The molecule has 0 heterocycles. The van der Waals surface area contributed by atoms with Crippen molar-refractivity contribution >= 4 is 40.8 Å². The van der Waals surface area contributed by atoms with Gasteiger partial charge >= 0.3 is 6.03 Å². The number of carbonyl (C=O) groups is 2. The smallest absolute Gasteiger partial charge is 0.321 e. The van der Waals surface area contributed by atoms with Crippen molar-refractivity contribution in [2.45, 2.75) is 13.8 Å². The minimum atomic E-state index is -0.332. The Balaban J connectivity index is 2.70. The first-order valence-electron chi connectivity index (χ1n) is 6.45. The van der Waals surface area contributed by atoms with Gasteiger partial charge in [0.05, 0.1) is 5.92 Å². The van der Waals surface area contributed by atoms with Crippen molar-refractivity contribution in [3.8, 4) is 0 Å². The summed E-state index contributed by atoms with van der Waals surface area (Å²) in [6, 6.07) is 2.94. The summed E-state index contributed by atoms with van der Waals surface area (Å²) in [6.45, 7) is 3.86. The van der Waals surface area contributed by atoms with Gasteiger partial charge in [-0.3, -0.25) is 4.79 Å². The first-order chi connectivity index (χ1) is 9.76. The third kappa shape index (κ3) is 4.79. The lowest BCUT2D eigenvalue weighted by Gasteiger charge is -2.21. The van der Waals surface area contributed by atoms with Gasteiger partial charge in [-0.1, -0.05) is 30.1 Å². The maximum absolute atomic E-state index is 12.1. The van der Waals surface area contributed by atoms with Crippen molar-refractivity contribution < 1.29 is 9.59 Å². The Morgan fingerprint density at radius 2 is 1.81 bits per heavy atom. The molecular weight excluding hydrogens is 313 g/mol. The molecule has 1 rings (SSSR count). The van der Waals surface area contributed by atoms with E-state index in [0.717, 1.165) is 5.56 Å². The average molecular weight is 332 g/mol. The molecule has 1 atom stereocenters. The van der Waals surface area contributed by atoms with Crippen LogP contribution in [-0.2, 0) is 4.79 Å². The van der Waals surface area contributed by atoms with E-state index in [-0.39, 0.29) is 17.9 Å². The molecule has 0 radical (unpaired) electrons. The van der Waals surface area contributed by atoms with E-state index < -0.39 is 0 Å². The fourth-order valence-electron chi connectivity index (χ4n) is 1.76. The van der Waals surface area contributed by atoms with E-state index in [9.17, 15) is 9.59 Å². The number of nitrogens with zero attached hydrogens (tertiary/aromatic N) is 1. The number of anilines is 1. The van der Waals surface area contributed by atoms with Crippen molar-refractivity contribution in [1.29, 1.82) is 0 Å². The van der Waals surface area contributed by atoms with Crippen molar-refractivity contribution in [2.24, 2.45) is 5.92 Å². The number of carbonyl (C=O) groups excluding carboxylic acids is 2. The van der Waals surface area contributed by atoms with Gasteiger partial charge in [-0.05, 0) is 24.6 Å². The Kier molecular flexibility index (Phi) is 6.30. The summed E-state index contributed by atoms with van der Waals surface area (Å²) in [4.78, 5) is 24.9. The van der Waals surface area contributed by atoms with E-state index in [2.05, 4.69) is 10.6 Å². The topological polar surface area (TPSA) is 61.4 Å². The van der Waals surface area contributed by atoms with E-state index in [0.29, 0.717) is 22.3 Å². The zero-order valence-electron chi connectivity index (χ0n) is 12.5. The lowest BCUT2D eigenvalue weighted by Crippen LogP contribution is -2.39. The van der Waals surface area contributed by atoms with Crippen molar-refractivity contribution in [1.82, 2.24) is 10.2 Å². The Bertz CT molecular complexity index is 526. The first kappa shape index (κ1) is 17.6. The lowest BCUT2D eigenvalue weighted by molar-refractivity contribution is -0.124. The van der Waals surface area contributed by atoms with E-state index in [1.807, 2.05) is 0 Å². The maximum Gasteiger partial charge on any atom is 0.321 e. The summed E-state index contributed by atoms with van der Waals surface area (Å²) in [5.74, 6) is -0.410. The summed E-state index contributed by atoms with van der Waals surface area (Å²) < 4.78 is 0. The van der Waals surface area contributed by atoms with Crippen LogP contribution >= 0.6 is 23.2 Å². The molecule has 0 aromatic heterocycles. The van der Waals surface area contributed by atoms with Gasteiger partial charge in [0.25, 0.3) is 0 Å². The second-order valence-corrected chi connectivity index (χ2v) is 5.71. The Morgan fingerprint density at radius 1 is 1.29 bits per heavy atom. The monoisotopic (exact) mass is 331 g/mol. The van der Waals surface area contributed by atoms with Crippen LogP contribution in [0.25, 0.3) is 0 Å². The van der Waals surface area contributed by atoms with Crippen molar-refractivity contribution in [2.75, 3.05) is 26.0 Å². The molecule has 0 saturated heterocycles. The molecule has 0 aliphatic carbocycles. The van der Waals surface area contributed by atoms with Crippen LogP contribution in [0.2, 0.25) is 10.0 Å². The standard InChI is InChI=1S/C14H19Cl2N3O2/c1-8(13(20)17-3)7-19(4)14(21)18-10-5-11(15)9(2)12(16)6-10/h5-6,8H,7H2,1-4H3,(H,17,20)(H,18,21)/t8-/m1/s1. The second-order valence-electron chi connectivity index (χ2n) is 4.89. The number of benzene rings is 1. The predicted octanol–water partition coefficient (Wildman–Crippen LogP) is 3.15. The number of nitrogens with one attached hydrogen (secondary N) is 2. The highest BCUT2D eigenvalue weighted by molar-refractivity contribution is 6.36. The largest absolute Gasteiger partial charge is 0.359 e. The number of halogens is 2. The lowest BCUT2D eigenvalue weighted by atomic mass is 10.1. The van der Waals surface area contributed by atoms with Crippen LogP contribution in [0, 0.1) is 12.8 Å². The molecule has 1 aromatic rings. The molecule has 1 aromatic carbocycles. The van der Waals surface area contributed by atoms with E-state index in [4.69, 9.17) is 23.2 Å². The molecule has 116 valence electrons. The van der Waals surface area contributed by atoms with Crippen LogP contribution in [0.5, 0.6) is 0 Å². The van der Waals surface area contributed by atoms with Gasteiger partial charge < -0.3 is 15.5 Å². The van der Waals surface area contributed by atoms with Crippen LogP contribution in [0.4, 0.5) is 10.5 Å². The molecule has 5 nitrogen and oxygen atoms in total. The molecule has 0 spiro atoms. The molecular formula is C14H19Cl2N3O2. The first-order valence-corrected chi connectivity index (χ1v) is 7.21. The summed E-state index contributed by atoms with van der Waals surface area (Å²) in [7, 11) is 3.18. The highest BCUT2D eigenvalue weighted by atomic mass is 35.5. The summed E-state index contributed by atoms with van der Waals surface area (Å²) in [5.41, 5.74) is 1.28. The molecule has 0 bridgehead atoms. The Morgan fingerprint density at radius 3 is 2.29 bits per heavy atom. The van der Waals surface area contributed by atoms with Crippen LogP contribution < -0.4 is 10.6 Å². The zero-order chi connectivity index (χ0) is 16.2. The van der Waals surface area contributed by atoms with Gasteiger partial charge in [0.1, 0.15) is 0 Å². The van der Waals surface area contributed by atoms with Gasteiger partial charge in [0.2, 0.25) is 5.91 Å². The van der Waals surface area contributed by atoms with Crippen LogP contribution in [-0.4, -0.2) is 37.5 Å². The molecule has 7 heteroatoms.